The smallest absolute Gasteiger partial charge is 0.406 e. The van der Waals surface area contributed by atoms with Gasteiger partial charge in [-0.05, 0) is 37.2 Å². The van der Waals surface area contributed by atoms with E-state index in [1.165, 1.54) is 13.3 Å². The highest BCUT2D eigenvalue weighted by Crippen LogP contribution is 2.46. The first-order valence-corrected chi connectivity index (χ1v) is 9.71. The predicted octanol–water partition coefficient (Wildman–Crippen LogP) is 2.49. The van der Waals surface area contributed by atoms with Crippen molar-refractivity contribution in [3.8, 4) is 5.88 Å². The molecule has 1 saturated carbocycles. The summed E-state index contributed by atoms with van der Waals surface area (Å²) in [6.45, 7) is -0.857. The number of rotatable bonds is 3. The van der Waals surface area contributed by atoms with Crippen molar-refractivity contribution in [1.82, 2.24) is 20.7 Å². The van der Waals surface area contributed by atoms with E-state index in [4.69, 9.17) is 16.3 Å². The largest absolute Gasteiger partial charge is 0.481 e. The van der Waals surface area contributed by atoms with Crippen molar-refractivity contribution in [1.29, 1.82) is 0 Å². The molecule has 2 N–H and O–H groups in total. The Labute approximate surface area is 165 Å². The van der Waals surface area contributed by atoms with E-state index < -0.39 is 30.6 Å². The molecule has 5 atom stereocenters. The number of aromatic nitrogens is 1. The van der Waals surface area contributed by atoms with Gasteiger partial charge in [0.05, 0.1) is 18.1 Å². The van der Waals surface area contributed by atoms with Crippen LogP contribution in [0.1, 0.15) is 30.7 Å². The lowest BCUT2D eigenvalue weighted by Gasteiger charge is -2.50. The van der Waals surface area contributed by atoms with Crippen LogP contribution in [0.2, 0.25) is 5.02 Å². The zero-order chi connectivity index (χ0) is 20.1. The number of hydrogen-bond donors (Lipinski definition) is 2. The van der Waals surface area contributed by atoms with Gasteiger partial charge in [0.1, 0.15) is 6.54 Å². The number of hydrogen-bond acceptors (Lipinski definition) is 5. The zero-order valence-corrected chi connectivity index (χ0v) is 16.1. The first-order chi connectivity index (χ1) is 13.3. The maximum atomic E-state index is 13.2. The minimum absolute atomic E-state index is 0.0329. The van der Waals surface area contributed by atoms with Crippen LogP contribution in [0, 0.1) is 11.8 Å². The maximum Gasteiger partial charge on any atom is 0.406 e. The van der Waals surface area contributed by atoms with Crippen LogP contribution in [-0.2, 0) is 4.79 Å². The van der Waals surface area contributed by atoms with E-state index in [1.807, 2.05) is 0 Å². The van der Waals surface area contributed by atoms with Gasteiger partial charge in [-0.2, -0.15) is 13.2 Å². The number of piperidine rings is 1. The summed E-state index contributed by atoms with van der Waals surface area (Å²) in [6, 6.07) is 1.13. The fraction of sp³-hybridized carbons (Fsp3) is 0.667. The lowest BCUT2D eigenvalue weighted by Crippen LogP contribution is -2.63. The number of nitrogens with zero attached hydrogens (tertiary/aromatic N) is 2. The minimum atomic E-state index is -4.44. The molecular weight excluding hydrogens is 397 g/mol. The van der Waals surface area contributed by atoms with Gasteiger partial charge in [0.25, 0.3) is 0 Å². The van der Waals surface area contributed by atoms with Crippen LogP contribution in [0.4, 0.5) is 13.2 Å². The fourth-order valence-corrected chi connectivity index (χ4v) is 5.23. The normalized spacial score (nSPS) is 32.8. The summed E-state index contributed by atoms with van der Waals surface area (Å²) in [4.78, 5) is 18.1. The summed E-state index contributed by atoms with van der Waals surface area (Å²) in [5.74, 6) is -0.567. The number of methoxy groups -OCH3 is 1. The SMILES string of the molecule is COc1ncc(Cl)cc1C1CCC2C3NNCC3C(=O)N(CC(F)(F)F)C2C1. The molecular formula is C18H22ClF3N4O2. The van der Waals surface area contributed by atoms with Crippen molar-refractivity contribution < 1.29 is 22.7 Å². The number of nitrogens with one attached hydrogen (secondary N) is 2. The summed E-state index contributed by atoms with van der Waals surface area (Å²) in [5.41, 5.74) is 6.86. The molecule has 0 bridgehead atoms. The standard InChI is InChI=1S/C18H22ClF3N4O2/c1-28-16-12(5-10(19)6-23-16)9-2-3-11-14(4-9)26(8-18(20,21)22)17(27)13-7-24-25-15(11)13/h5-6,9,11,13-15,24-25H,2-4,7-8H2,1H3. The number of pyridine rings is 1. The van der Waals surface area contributed by atoms with Gasteiger partial charge in [0.15, 0.2) is 0 Å². The van der Waals surface area contributed by atoms with Gasteiger partial charge >= 0.3 is 6.18 Å². The first kappa shape index (κ1) is 19.7. The summed E-state index contributed by atoms with van der Waals surface area (Å²) >= 11 is 6.09. The van der Waals surface area contributed by atoms with E-state index in [9.17, 15) is 18.0 Å². The highest BCUT2D eigenvalue weighted by molar-refractivity contribution is 6.30. The van der Waals surface area contributed by atoms with Crippen LogP contribution in [-0.4, -0.2) is 54.3 Å². The number of amides is 1. The molecule has 28 heavy (non-hydrogen) atoms. The molecule has 154 valence electrons. The average molecular weight is 419 g/mol. The summed E-state index contributed by atoms with van der Waals surface area (Å²) in [6.07, 6.45) is -1.04. The number of halogens is 4. The Morgan fingerprint density at radius 3 is 2.89 bits per heavy atom. The Morgan fingerprint density at radius 2 is 2.18 bits per heavy atom. The van der Waals surface area contributed by atoms with Crippen LogP contribution < -0.4 is 15.6 Å². The Hall–Kier alpha value is -1.58. The van der Waals surface area contributed by atoms with Crippen LogP contribution in [0.3, 0.4) is 0 Å². The van der Waals surface area contributed by atoms with E-state index >= 15 is 0 Å². The number of fused-ring (bicyclic) bond motifs is 3. The van der Waals surface area contributed by atoms with Crippen LogP contribution in [0.15, 0.2) is 12.3 Å². The predicted molar refractivity (Wildman–Crippen MR) is 95.9 cm³/mol. The molecule has 1 aliphatic carbocycles. The number of carbonyl (C=O) groups is 1. The third kappa shape index (κ3) is 3.55. The van der Waals surface area contributed by atoms with Crippen molar-refractivity contribution in [2.75, 3.05) is 20.2 Å². The monoisotopic (exact) mass is 418 g/mol. The molecule has 1 amide bonds. The van der Waals surface area contributed by atoms with E-state index in [1.54, 1.807) is 6.07 Å². The third-order valence-electron chi connectivity index (χ3n) is 6.18. The molecule has 3 fully saturated rings. The molecule has 2 aliphatic heterocycles. The summed E-state index contributed by atoms with van der Waals surface area (Å²) in [7, 11) is 1.50. The molecule has 4 rings (SSSR count). The van der Waals surface area contributed by atoms with Crippen molar-refractivity contribution >= 4 is 17.5 Å². The molecule has 0 radical (unpaired) electrons. The highest BCUT2D eigenvalue weighted by atomic mass is 35.5. The average Bonchev–Trinajstić information content (AvgIpc) is 3.14. The summed E-state index contributed by atoms with van der Waals surface area (Å²) < 4.78 is 45.0. The van der Waals surface area contributed by atoms with Gasteiger partial charge in [-0.3, -0.25) is 15.6 Å². The molecule has 3 heterocycles. The number of hydrazine groups is 1. The van der Waals surface area contributed by atoms with Gasteiger partial charge in [0, 0.05) is 30.4 Å². The van der Waals surface area contributed by atoms with Crippen molar-refractivity contribution in [3.63, 3.8) is 0 Å². The van der Waals surface area contributed by atoms with Gasteiger partial charge < -0.3 is 9.64 Å². The molecule has 0 aromatic carbocycles. The first-order valence-electron chi connectivity index (χ1n) is 9.33. The van der Waals surface area contributed by atoms with Crippen molar-refractivity contribution in [2.24, 2.45) is 11.8 Å². The molecule has 6 nitrogen and oxygen atoms in total. The molecule has 5 unspecified atom stereocenters. The van der Waals surface area contributed by atoms with E-state index in [2.05, 4.69) is 15.8 Å². The molecule has 10 heteroatoms. The van der Waals surface area contributed by atoms with Crippen molar-refractivity contribution in [2.45, 2.75) is 43.4 Å². The quantitative estimate of drug-likeness (QED) is 0.789. The Morgan fingerprint density at radius 1 is 1.39 bits per heavy atom. The van der Waals surface area contributed by atoms with Crippen LogP contribution in [0.25, 0.3) is 0 Å². The second-order valence-electron chi connectivity index (χ2n) is 7.73. The highest BCUT2D eigenvalue weighted by Gasteiger charge is 2.54. The Balaban J connectivity index is 1.65. The van der Waals surface area contributed by atoms with Crippen LogP contribution in [0.5, 0.6) is 5.88 Å². The van der Waals surface area contributed by atoms with Gasteiger partial charge in [-0.15, -0.1) is 0 Å². The Bertz CT molecular complexity index is 763. The third-order valence-corrected chi connectivity index (χ3v) is 6.39. The molecule has 0 spiro atoms. The second-order valence-corrected chi connectivity index (χ2v) is 8.17. The van der Waals surface area contributed by atoms with Gasteiger partial charge in [0.2, 0.25) is 11.8 Å². The number of likely N-dealkylation sites (tertiary alicyclic amines) is 1. The maximum absolute atomic E-state index is 13.2. The van der Waals surface area contributed by atoms with Gasteiger partial charge in [-0.1, -0.05) is 11.6 Å². The lowest BCUT2D eigenvalue weighted by molar-refractivity contribution is -0.178. The lowest BCUT2D eigenvalue weighted by atomic mass is 9.67. The van der Waals surface area contributed by atoms with Crippen LogP contribution >= 0.6 is 11.6 Å². The van der Waals surface area contributed by atoms with E-state index in [0.29, 0.717) is 30.3 Å². The molecule has 1 aromatic heterocycles. The van der Waals surface area contributed by atoms with E-state index in [-0.39, 0.29) is 17.9 Å². The van der Waals surface area contributed by atoms with E-state index in [0.717, 1.165) is 16.9 Å². The zero-order valence-electron chi connectivity index (χ0n) is 15.3. The molecule has 1 aromatic rings. The molecule has 3 aliphatic rings. The van der Waals surface area contributed by atoms with Gasteiger partial charge in [-0.25, -0.2) is 4.98 Å². The number of carbonyl (C=O) groups excluding carboxylic acids is 1. The summed E-state index contributed by atoms with van der Waals surface area (Å²) in [5, 5.41) is 0.450. The Kier molecular flexibility index (Phi) is 5.18. The minimum Gasteiger partial charge on any atom is -0.481 e. The number of ether oxygens (including phenoxy) is 1. The second kappa shape index (κ2) is 7.35. The van der Waals surface area contributed by atoms with Crippen molar-refractivity contribution in [3.05, 3.63) is 22.8 Å². The topological polar surface area (TPSA) is 66.5 Å². The fourth-order valence-electron chi connectivity index (χ4n) is 5.06. The number of alkyl halides is 3. The molecule has 2 saturated heterocycles.